The van der Waals surface area contributed by atoms with Crippen molar-refractivity contribution in [2.24, 2.45) is 0 Å². The highest BCUT2D eigenvalue weighted by molar-refractivity contribution is 6.63. The van der Waals surface area contributed by atoms with Gasteiger partial charge in [0, 0.05) is 13.8 Å². The molecule has 0 aliphatic carbocycles. The van der Waals surface area contributed by atoms with E-state index in [-0.39, 0.29) is 0 Å². The molecule has 0 saturated heterocycles. The molecule has 11 heavy (non-hydrogen) atoms. The van der Waals surface area contributed by atoms with Crippen molar-refractivity contribution in [1.29, 1.82) is 5.26 Å². The van der Waals surface area contributed by atoms with Crippen molar-refractivity contribution in [3.05, 3.63) is 0 Å². The van der Waals surface area contributed by atoms with Gasteiger partial charge in [-0.1, -0.05) is 34.8 Å². The number of nitriles is 1. The number of rotatable bonds is 0. The van der Waals surface area contributed by atoms with Crippen molar-refractivity contribution in [3.8, 4) is 6.07 Å². The number of nitrogens with zero attached hydrogens (tertiary/aromatic N) is 1. The van der Waals surface area contributed by atoms with E-state index in [1.807, 2.05) is 0 Å². The zero-order chi connectivity index (χ0) is 9.86. The highest BCUT2D eigenvalue weighted by Crippen LogP contribution is 2.03. The molecule has 0 amide bonds. The molecule has 0 aromatic heterocycles. The predicted molar refractivity (Wildman–Crippen MR) is 45.9 cm³/mol. The number of aliphatic carboxylic acids is 1. The second-order valence-corrected chi connectivity index (χ2v) is 2.97. The second-order valence-electron chi connectivity index (χ2n) is 0.990. The topological polar surface area (TPSA) is 61.1 Å². The van der Waals surface area contributed by atoms with Crippen LogP contribution in [0.1, 0.15) is 13.8 Å². The van der Waals surface area contributed by atoms with Crippen molar-refractivity contribution < 1.29 is 9.90 Å². The van der Waals surface area contributed by atoms with Crippen LogP contribution in [0.3, 0.4) is 0 Å². The number of hydrogen-bond donors (Lipinski definition) is 1. The first-order chi connectivity index (χ1) is 4.88. The number of carbonyl (C=O) groups is 1. The van der Waals surface area contributed by atoms with Gasteiger partial charge < -0.3 is 5.11 Å². The molecule has 6 heteroatoms. The fourth-order valence-corrected chi connectivity index (χ4v) is 0. The van der Waals surface area contributed by atoms with Gasteiger partial charge in [-0.05, 0) is 0 Å². The Morgan fingerprint density at radius 2 is 1.55 bits per heavy atom. The minimum Gasteiger partial charge on any atom is -0.481 e. The molecule has 0 heterocycles. The minimum atomic E-state index is -0.833. The SMILES string of the molecule is CC#N.CC(=O)O.ClC(Cl)Cl. The molecule has 0 radical (unpaired) electrons. The lowest BCUT2D eigenvalue weighted by atomic mass is 10.9. The Bertz CT molecular complexity index is 115. The van der Waals surface area contributed by atoms with Crippen LogP contribution < -0.4 is 0 Å². The Morgan fingerprint density at radius 3 is 1.55 bits per heavy atom. The molecular weight excluding hydrogens is 212 g/mol. The zero-order valence-electron chi connectivity index (χ0n) is 6.01. The predicted octanol–water partition coefficient (Wildman–Crippen LogP) is 2.61. The largest absolute Gasteiger partial charge is 0.481 e. The molecule has 3 nitrogen and oxygen atoms in total. The number of halogens is 3. The van der Waals surface area contributed by atoms with Gasteiger partial charge in [0.1, 0.15) is 0 Å². The fourth-order valence-electron chi connectivity index (χ4n) is 0. The van der Waals surface area contributed by atoms with Crippen LogP contribution in [-0.2, 0) is 4.79 Å². The number of carboxylic acids is 1. The van der Waals surface area contributed by atoms with E-state index < -0.39 is 10.3 Å². The molecule has 0 fully saturated rings. The summed E-state index contributed by atoms with van der Waals surface area (Å²) in [6, 6.07) is 1.75. The normalized spacial score (nSPS) is 6.27. The van der Waals surface area contributed by atoms with Crippen LogP contribution in [0.2, 0.25) is 0 Å². The lowest BCUT2D eigenvalue weighted by Gasteiger charge is -1.69. The number of alkyl halides is 3. The summed E-state index contributed by atoms with van der Waals surface area (Å²) in [5, 5.41) is 14.7. The Labute approximate surface area is 80.5 Å². The van der Waals surface area contributed by atoms with E-state index in [1.54, 1.807) is 6.07 Å². The number of carboxylic acid groups (broad SMARTS) is 1. The third-order valence-corrected chi connectivity index (χ3v) is 0. The maximum absolute atomic E-state index is 9.00. The van der Waals surface area contributed by atoms with E-state index >= 15 is 0 Å². The molecule has 0 aromatic carbocycles. The van der Waals surface area contributed by atoms with Gasteiger partial charge in [0.15, 0.2) is 4.30 Å². The summed E-state index contributed by atoms with van der Waals surface area (Å²) in [4.78, 5) is 9.00. The van der Waals surface area contributed by atoms with E-state index in [0.717, 1.165) is 6.92 Å². The molecule has 0 spiro atoms. The highest BCUT2D eigenvalue weighted by atomic mass is 35.6. The summed E-state index contributed by atoms with van der Waals surface area (Å²) < 4.78 is -0.750. The van der Waals surface area contributed by atoms with Crippen molar-refractivity contribution in [3.63, 3.8) is 0 Å². The second kappa shape index (κ2) is 16.4. The quantitative estimate of drug-likeness (QED) is 0.638. The van der Waals surface area contributed by atoms with Gasteiger partial charge in [0.25, 0.3) is 5.97 Å². The van der Waals surface area contributed by atoms with E-state index in [1.165, 1.54) is 6.92 Å². The van der Waals surface area contributed by atoms with Crippen LogP contribution in [-0.4, -0.2) is 15.4 Å². The first-order valence-corrected chi connectivity index (χ1v) is 3.62. The lowest BCUT2D eigenvalue weighted by molar-refractivity contribution is -0.134. The molecule has 0 aromatic rings. The van der Waals surface area contributed by atoms with Crippen molar-refractivity contribution in [2.45, 2.75) is 18.1 Å². The summed E-state index contributed by atoms with van der Waals surface area (Å²) in [5.41, 5.74) is 0. The van der Waals surface area contributed by atoms with Crippen molar-refractivity contribution >= 4 is 40.8 Å². The van der Waals surface area contributed by atoms with Gasteiger partial charge in [-0.25, -0.2) is 0 Å². The van der Waals surface area contributed by atoms with Crippen LogP contribution in [0.5, 0.6) is 0 Å². The molecule has 0 aliphatic heterocycles. The third-order valence-electron chi connectivity index (χ3n) is 0. The summed E-state index contributed by atoms with van der Waals surface area (Å²) in [6.07, 6.45) is 0. The molecule has 0 saturated carbocycles. The van der Waals surface area contributed by atoms with Gasteiger partial charge in [0.05, 0.1) is 6.07 Å². The maximum atomic E-state index is 9.00. The Hall–Kier alpha value is -0.170. The van der Waals surface area contributed by atoms with Crippen LogP contribution in [0.25, 0.3) is 0 Å². The van der Waals surface area contributed by atoms with E-state index in [4.69, 9.17) is 50.0 Å². The first kappa shape index (κ1) is 17.1. The Morgan fingerprint density at radius 1 is 1.55 bits per heavy atom. The molecule has 0 atom stereocenters. The van der Waals surface area contributed by atoms with Crippen LogP contribution in [0.4, 0.5) is 0 Å². The minimum absolute atomic E-state index is 0.750. The summed E-state index contributed by atoms with van der Waals surface area (Å²) in [5.74, 6) is -0.833. The highest BCUT2D eigenvalue weighted by Gasteiger charge is 1.78. The maximum Gasteiger partial charge on any atom is 0.300 e. The Kier molecular flexibility index (Phi) is 25.5. The zero-order valence-corrected chi connectivity index (χ0v) is 8.28. The average Bonchev–Trinajstić information content (AvgIpc) is 1.60. The molecule has 1 N–H and O–H groups in total. The van der Waals surface area contributed by atoms with Crippen molar-refractivity contribution in [2.75, 3.05) is 0 Å². The van der Waals surface area contributed by atoms with Gasteiger partial charge in [0.2, 0.25) is 0 Å². The molecule has 0 rings (SSSR count). The Balaban J connectivity index is -0.0000000886. The van der Waals surface area contributed by atoms with Gasteiger partial charge in [-0.3, -0.25) is 4.79 Å². The van der Waals surface area contributed by atoms with E-state index in [9.17, 15) is 0 Å². The van der Waals surface area contributed by atoms with Crippen LogP contribution >= 0.6 is 34.8 Å². The number of hydrogen-bond acceptors (Lipinski definition) is 2. The fraction of sp³-hybridized carbons (Fsp3) is 0.600. The molecule has 0 aliphatic rings. The third kappa shape index (κ3) is 20900. The van der Waals surface area contributed by atoms with Crippen LogP contribution in [0.15, 0.2) is 0 Å². The molecule has 0 unspecified atom stereocenters. The summed E-state index contributed by atoms with van der Waals surface area (Å²) >= 11 is 14.4. The smallest absolute Gasteiger partial charge is 0.300 e. The van der Waals surface area contributed by atoms with Gasteiger partial charge >= 0.3 is 0 Å². The first-order valence-electron chi connectivity index (χ1n) is 2.31. The monoisotopic (exact) mass is 219 g/mol. The van der Waals surface area contributed by atoms with Gasteiger partial charge in [-0.15, -0.1) is 0 Å². The lowest BCUT2D eigenvalue weighted by Crippen LogP contribution is -1.78. The summed E-state index contributed by atoms with van der Waals surface area (Å²) in [7, 11) is 0. The molecule has 66 valence electrons. The van der Waals surface area contributed by atoms with Crippen LogP contribution in [0, 0.1) is 11.3 Å². The average molecular weight is 220 g/mol. The molecular formula is C5H8Cl3NO2. The standard InChI is InChI=1S/C2H3N.C2H4O2.CHCl3/c1-2-3;1-2(3)4;2-1(3)4/h1H3;1H3,(H,3,4);1H. The van der Waals surface area contributed by atoms with Gasteiger partial charge in [-0.2, -0.15) is 5.26 Å². The van der Waals surface area contributed by atoms with E-state index in [2.05, 4.69) is 0 Å². The molecule has 0 bridgehead atoms. The summed E-state index contributed by atoms with van der Waals surface area (Å²) in [6.45, 7) is 2.51. The van der Waals surface area contributed by atoms with E-state index in [0.29, 0.717) is 0 Å². The van der Waals surface area contributed by atoms with Crippen molar-refractivity contribution in [1.82, 2.24) is 0 Å².